The second-order valence-electron chi connectivity index (χ2n) is 5.29. The zero-order chi connectivity index (χ0) is 14.6. The third-order valence-electron chi connectivity index (χ3n) is 3.70. The summed E-state index contributed by atoms with van der Waals surface area (Å²) in [6.07, 6.45) is 8.22. The van der Waals surface area contributed by atoms with Gasteiger partial charge in [-0.2, -0.15) is 0 Å². The maximum atomic E-state index is 13.3. The van der Waals surface area contributed by atoms with Crippen LogP contribution in [-0.4, -0.2) is 25.7 Å². The van der Waals surface area contributed by atoms with Crippen LogP contribution in [-0.2, 0) is 9.47 Å². The molecular weight excluding hydrogens is 243 g/mol. The Kier molecular flexibility index (Phi) is 11.6. The Morgan fingerprint density at radius 3 is 1.89 bits per heavy atom. The van der Waals surface area contributed by atoms with Gasteiger partial charge in [0, 0.05) is 19.1 Å². The maximum absolute atomic E-state index is 13.3. The predicted molar refractivity (Wildman–Crippen MR) is 79.1 cm³/mol. The van der Waals surface area contributed by atoms with E-state index in [9.17, 15) is 4.39 Å². The molecule has 19 heavy (non-hydrogen) atoms. The standard InChI is InChI=1S/C16H33FO2/c1-5-8-9-10-11-12-13-15(14-17)16(4,18-6-2)19-7-3/h15H,5-14H2,1-4H3. The molecule has 0 aromatic rings. The van der Waals surface area contributed by atoms with Crippen molar-refractivity contribution in [3.63, 3.8) is 0 Å². The van der Waals surface area contributed by atoms with Crippen LogP contribution in [0, 0.1) is 5.92 Å². The SMILES string of the molecule is CCCCCCCCC(CF)C(C)(OCC)OCC. The van der Waals surface area contributed by atoms with Crippen LogP contribution in [0.1, 0.15) is 72.6 Å². The first-order valence-corrected chi connectivity index (χ1v) is 7.98. The number of ether oxygens (including phenoxy) is 2. The summed E-state index contributed by atoms with van der Waals surface area (Å²) in [5, 5.41) is 0. The molecule has 0 aliphatic carbocycles. The lowest BCUT2D eigenvalue weighted by atomic mass is 9.94. The molecule has 2 nitrogen and oxygen atoms in total. The van der Waals surface area contributed by atoms with Crippen molar-refractivity contribution in [2.45, 2.75) is 78.4 Å². The first-order chi connectivity index (χ1) is 9.14. The van der Waals surface area contributed by atoms with Crippen LogP contribution in [0.4, 0.5) is 4.39 Å². The lowest BCUT2D eigenvalue weighted by molar-refractivity contribution is -0.255. The number of hydrogen-bond acceptors (Lipinski definition) is 2. The van der Waals surface area contributed by atoms with Crippen LogP contribution >= 0.6 is 0 Å². The zero-order valence-corrected chi connectivity index (χ0v) is 13.3. The fourth-order valence-corrected chi connectivity index (χ4v) is 2.50. The molecule has 0 aliphatic rings. The molecule has 1 unspecified atom stereocenters. The van der Waals surface area contributed by atoms with Gasteiger partial charge in [0.15, 0.2) is 5.79 Å². The molecule has 1 atom stereocenters. The highest BCUT2D eigenvalue weighted by Crippen LogP contribution is 2.29. The van der Waals surface area contributed by atoms with Crippen LogP contribution < -0.4 is 0 Å². The van der Waals surface area contributed by atoms with Crippen molar-refractivity contribution in [2.24, 2.45) is 5.92 Å². The summed E-state index contributed by atoms with van der Waals surface area (Å²) < 4.78 is 24.6. The Morgan fingerprint density at radius 1 is 0.895 bits per heavy atom. The molecule has 116 valence electrons. The van der Waals surface area contributed by atoms with E-state index in [0.29, 0.717) is 13.2 Å². The summed E-state index contributed by atoms with van der Waals surface area (Å²) in [5.41, 5.74) is 0. The van der Waals surface area contributed by atoms with Gasteiger partial charge in [-0.25, -0.2) is 0 Å². The Labute approximate surface area is 119 Å². The van der Waals surface area contributed by atoms with E-state index >= 15 is 0 Å². The predicted octanol–water partition coefficient (Wildman–Crippen LogP) is 5.11. The summed E-state index contributed by atoms with van der Waals surface area (Å²) in [6, 6.07) is 0. The first-order valence-electron chi connectivity index (χ1n) is 7.98. The van der Waals surface area contributed by atoms with Crippen LogP contribution in [0.5, 0.6) is 0 Å². The molecular formula is C16H33FO2. The highest BCUT2D eigenvalue weighted by Gasteiger charge is 2.35. The number of alkyl halides is 1. The van der Waals surface area contributed by atoms with Crippen LogP contribution in [0.25, 0.3) is 0 Å². The molecule has 0 fully saturated rings. The van der Waals surface area contributed by atoms with Crippen molar-refractivity contribution in [2.75, 3.05) is 19.9 Å². The van der Waals surface area contributed by atoms with E-state index in [-0.39, 0.29) is 12.6 Å². The average Bonchev–Trinajstić information content (AvgIpc) is 2.38. The maximum Gasteiger partial charge on any atom is 0.170 e. The summed E-state index contributed by atoms with van der Waals surface area (Å²) in [5.74, 6) is -0.916. The molecule has 0 aliphatic heterocycles. The Balaban J connectivity index is 4.07. The fourth-order valence-electron chi connectivity index (χ4n) is 2.50. The second-order valence-corrected chi connectivity index (χ2v) is 5.29. The smallest absolute Gasteiger partial charge is 0.170 e. The van der Waals surface area contributed by atoms with Crippen molar-refractivity contribution in [1.82, 2.24) is 0 Å². The van der Waals surface area contributed by atoms with E-state index in [1.54, 1.807) is 0 Å². The minimum atomic E-state index is -0.762. The normalized spacial score (nSPS) is 13.7. The molecule has 0 rings (SSSR count). The topological polar surface area (TPSA) is 18.5 Å². The quantitative estimate of drug-likeness (QED) is 0.344. The summed E-state index contributed by atoms with van der Waals surface area (Å²) in [6.45, 7) is 8.70. The van der Waals surface area contributed by atoms with Gasteiger partial charge in [0.1, 0.15) is 0 Å². The minimum absolute atomic E-state index is 0.154. The lowest BCUT2D eigenvalue weighted by Gasteiger charge is -2.35. The molecule has 0 bridgehead atoms. The van der Waals surface area contributed by atoms with Gasteiger partial charge >= 0.3 is 0 Å². The molecule has 0 heterocycles. The Hall–Kier alpha value is -0.150. The van der Waals surface area contributed by atoms with Crippen molar-refractivity contribution >= 4 is 0 Å². The molecule has 0 spiro atoms. The Bertz CT molecular complexity index is 191. The highest BCUT2D eigenvalue weighted by atomic mass is 19.1. The van der Waals surface area contributed by atoms with E-state index < -0.39 is 5.79 Å². The van der Waals surface area contributed by atoms with Crippen LogP contribution in [0.15, 0.2) is 0 Å². The van der Waals surface area contributed by atoms with Gasteiger partial charge < -0.3 is 9.47 Å². The highest BCUT2D eigenvalue weighted by molar-refractivity contribution is 4.75. The largest absolute Gasteiger partial charge is 0.350 e. The molecule has 0 radical (unpaired) electrons. The molecule has 0 aromatic carbocycles. The van der Waals surface area contributed by atoms with E-state index in [4.69, 9.17) is 9.47 Å². The summed E-state index contributed by atoms with van der Waals surface area (Å²) in [7, 11) is 0. The lowest BCUT2D eigenvalue weighted by Crippen LogP contribution is -2.42. The minimum Gasteiger partial charge on any atom is -0.350 e. The van der Waals surface area contributed by atoms with Crippen LogP contribution in [0.2, 0.25) is 0 Å². The number of hydrogen-bond donors (Lipinski definition) is 0. The van der Waals surface area contributed by atoms with Gasteiger partial charge in [0.2, 0.25) is 0 Å². The summed E-state index contributed by atoms with van der Waals surface area (Å²) >= 11 is 0. The van der Waals surface area contributed by atoms with E-state index in [0.717, 1.165) is 12.8 Å². The third-order valence-corrected chi connectivity index (χ3v) is 3.70. The molecule has 3 heteroatoms. The second kappa shape index (κ2) is 11.7. The summed E-state index contributed by atoms with van der Waals surface area (Å²) in [4.78, 5) is 0. The van der Waals surface area contributed by atoms with Gasteiger partial charge in [-0.1, -0.05) is 45.4 Å². The van der Waals surface area contributed by atoms with Gasteiger partial charge in [0.25, 0.3) is 0 Å². The molecule has 0 saturated heterocycles. The first kappa shape index (κ1) is 18.9. The van der Waals surface area contributed by atoms with Crippen molar-refractivity contribution in [1.29, 1.82) is 0 Å². The van der Waals surface area contributed by atoms with E-state index in [2.05, 4.69) is 6.92 Å². The average molecular weight is 276 g/mol. The molecule has 0 saturated carbocycles. The van der Waals surface area contributed by atoms with Crippen molar-refractivity contribution in [3.8, 4) is 0 Å². The number of rotatable bonds is 13. The van der Waals surface area contributed by atoms with Gasteiger partial charge in [-0.15, -0.1) is 0 Å². The zero-order valence-electron chi connectivity index (χ0n) is 13.3. The van der Waals surface area contributed by atoms with Gasteiger partial charge in [-0.3, -0.25) is 4.39 Å². The van der Waals surface area contributed by atoms with E-state index in [1.807, 2.05) is 20.8 Å². The third kappa shape index (κ3) is 7.88. The Morgan fingerprint density at radius 2 is 1.42 bits per heavy atom. The van der Waals surface area contributed by atoms with Gasteiger partial charge in [0.05, 0.1) is 6.67 Å². The fraction of sp³-hybridized carbons (Fsp3) is 1.00. The van der Waals surface area contributed by atoms with Crippen LogP contribution in [0.3, 0.4) is 0 Å². The monoisotopic (exact) mass is 276 g/mol. The number of unbranched alkanes of at least 4 members (excludes halogenated alkanes) is 5. The molecule has 0 aromatic heterocycles. The van der Waals surface area contributed by atoms with Crippen molar-refractivity contribution in [3.05, 3.63) is 0 Å². The molecule has 0 N–H and O–H groups in total. The number of halogens is 1. The van der Waals surface area contributed by atoms with Gasteiger partial charge in [-0.05, 0) is 27.2 Å². The molecule has 0 amide bonds. The van der Waals surface area contributed by atoms with Crippen molar-refractivity contribution < 1.29 is 13.9 Å². The van der Waals surface area contributed by atoms with E-state index in [1.165, 1.54) is 32.1 Å².